The molecule has 1 rings (SSSR count). The number of rotatable bonds is 6. The minimum Gasteiger partial charge on any atom is -0.481 e. The monoisotopic (exact) mass is 343 g/mol. The van der Waals surface area contributed by atoms with Crippen LogP contribution in [0.4, 0.5) is 4.39 Å². The number of carboxylic acids is 1. The summed E-state index contributed by atoms with van der Waals surface area (Å²) in [7, 11) is -2.73. The van der Waals surface area contributed by atoms with E-state index in [1.54, 1.807) is 0 Å². The number of benzene rings is 1. The van der Waals surface area contributed by atoms with E-state index in [1.807, 2.05) is 0 Å². The quantitative estimate of drug-likeness (QED) is 0.805. The van der Waals surface area contributed by atoms with Crippen molar-refractivity contribution in [3.8, 4) is 0 Å². The van der Waals surface area contributed by atoms with E-state index in [1.165, 1.54) is 7.05 Å². The largest absolute Gasteiger partial charge is 0.481 e. The summed E-state index contributed by atoms with van der Waals surface area (Å²) in [5, 5.41) is 7.65. The number of carboxylic acid groups (broad SMARTS) is 1. The maximum atomic E-state index is 13.5. The number of hydrogen-bond acceptors (Lipinski definition) is 3. The molecule has 5 nitrogen and oxygen atoms in total. The summed E-state index contributed by atoms with van der Waals surface area (Å²) in [5.41, 5.74) is 0. The van der Waals surface area contributed by atoms with Crippen LogP contribution in [-0.4, -0.2) is 37.4 Å². The van der Waals surface area contributed by atoms with Crippen LogP contribution in [0.5, 0.6) is 0 Å². The molecule has 0 aromatic heterocycles. The first-order chi connectivity index (χ1) is 9.17. The lowest BCUT2D eigenvalue weighted by Gasteiger charge is -2.17. The molecular weight excluding hydrogens is 332 g/mol. The number of aliphatic carboxylic acids is 1. The molecule has 0 aliphatic heterocycles. The fourth-order valence-corrected chi connectivity index (χ4v) is 3.37. The van der Waals surface area contributed by atoms with E-state index in [-0.39, 0.29) is 24.4 Å². The molecule has 0 fully saturated rings. The Kier molecular flexibility index (Phi) is 5.76. The summed E-state index contributed by atoms with van der Waals surface area (Å²) < 4.78 is 38.8. The Morgan fingerprint density at radius 3 is 2.55 bits per heavy atom. The van der Waals surface area contributed by atoms with Crippen LogP contribution in [0.15, 0.2) is 17.0 Å². The van der Waals surface area contributed by atoms with E-state index in [9.17, 15) is 17.6 Å². The van der Waals surface area contributed by atoms with Crippen LogP contribution in [0.25, 0.3) is 0 Å². The molecule has 20 heavy (non-hydrogen) atoms. The highest BCUT2D eigenvalue weighted by molar-refractivity contribution is 7.89. The highest BCUT2D eigenvalue weighted by atomic mass is 35.5. The summed E-state index contributed by atoms with van der Waals surface area (Å²) in [5.74, 6) is -2.03. The molecule has 1 aromatic carbocycles. The van der Waals surface area contributed by atoms with Gasteiger partial charge in [0, 0.05) is 20.0 Å². The van der Waals surface area contributed by atoms with Gasteiger partial charge in [-0.25, -0.2) is 17.1 Å². The zero-order chi connectivity index (χ0) is 15.5. The molecular formula is C11H12Cl2FNO4S. The van der Waals surface area contributed by atoms with E-state index < -0.39 is 31.7 Å². The predicted molar refractivity (Wildman–Crippen MR) is 73.1 cm³/mol. The standard InChI is InChI=1S/C11H12Cl2FNO4S/c1-15(6-2-3-9(16)17)20(18,19)8-5-4-7(12)11(14)10(8)13/h4-5H,2-3,6H2,1H3,(H,16,17). The lowest BCUT2D eigenvalue weighted by atomic mass is 10.3. The molecule has 0 radical (unpaired) electrons. The third kappa shape index (κ3) is 3.82. The molecule has 0 unspecified atom stereocenters. The van der Waals surface area contributed by atoms with Gasteiger partial charge in [0.2, 0.25) is 10.0 Å². The second kappa shape index (κ2) is 6.71. The molecule has 0 saturated heterocycles. The summed E-state index contributed by atoms with van der Waals surface area (Å²) >= 11 is 11.2. The van der Waals surface area contributed by atoms with Gasteiger partial charge in [0.05, 0.1) is 10.0 Å². The minimum absolute atomic E-state index is 0.0186. The SMILES string of the molecule is CN(CCCC(=O)O)S(=O)(=O)c1ccc(Cl)c(F)c1Cl. The fourth-order valence-electron chi connectivity index (χ4n) is 1.45. The average Bonchev–Trinajstić information content (AvgIpc) is 2.35. The van der Waals surface area contributed by atoms with Gasteiger partial charge in [-0.2, -0.15) is 0 Å². The molecule has 112 valence electrons. The smallest absolute Gasteiger partial charge is 0.303 e. The van der Waals surface area contributed by atoms with E-state index in [0.717, 1.165) is 16.4 Å². The van der Waals surface area contributed by atoms with E-state index in [2.05, 4.69) is 0 Å². The molecule has 0 bridgehead atoms. The number of carbonyl (C=O) groups is 1. The van der Waals surface area contributed by atoms with Gasteiger partial charge in [-0.15, -0.1) is 0 Å². The van der Waals surface area contributed by atoms with Crippen molar-refractivity contribution in [1.82, 2.24) is 4.31 Å². The summed E-state index contributed by atoms with van der Waals surface area (Å²) in [4.78, 5) is 9.98. The molecule has 1 N–H and O–H groups in total. The lowest BCUT2D eigenvalue weighted by Crippen LogP contribution is -2.28. The van der Waals surface area contributed by atoms with Gasteiger partial charge in [0.1, 0.15) is 4.90 Å². The minimum atomic E-state index is -4.00. The number of halogens is 3. The second-order valence-corrected chi connectivity index (χ2v) is 6.80. The van der Waals surface area contributed by atoms with Gasteiger partial charge in [0.15, 0.2) is 5.82 Å². The maximum absolute atomic E-state index is 13.5. The lowest BCUT2D eigenvalue weighted by molar-refractivity contribution is -0.137. The Labute approximate surface area is 126 Å². The topological polar surface area (TPSA) is 74.7 Å². The molecule has 0 saturated carbocycles. The number of sulfonamides is 1. The maximum Gasteiger partial charge on any atom is 0.303 e. The third-order valence-corrected chi connectivity index (χ3v) is 5.22. The van der Waals surface area contributed by atoms with Crippen molar-refractivity contribution >= 4 is 39.2 Å². The summed E-state index contributed by atoms with van der Waals surface area (Å²) in [6, 6.07) is 2.21. The average molecular weight is 344 g/mol. The third-order valence-electron chi connectivity index (χ3n) is 2.55. The van der Waals surface area contributed by atoms with Crippen LogP contribution in [-0.2, 0) is 14.8 Å². The molecule has 9 heteroatoms. The van der Waals surface area contributed by atoms with Gasteiger partial charge >= 0.3 is 5.97 Å². The van der Waals surface area contributed by atoms with Crippen LogP contribution >= 0.6 is 23.2 Å². The first-order valence-corrected chi connectivity index (χ1v) is 7.69. The van der Waals surface area contributed by atoms with Gasteiger partial charge in [-0.1, -0.05) is 23.2 Å². The van der Waals surface area contributed by atoms with Gasteiger partial charge in [-0.3, -0.25) is 4.79 Å². The zero-order valence-electron chi connectivity index (χ0n) is 10.4. The second-order valence-electron chi connectivity index (χ2n) is 4.00. The molecule has 0 amide bonds. The summed E-state index contributed by atoms with van der Waals surface area (Å²) in [6.07, 6.45) is -0.0265. The van der Waals surface area contributed by atoms with Crippen LogP contribution in [0.3, 0.4) is 0 Å². The van der Waals surface area contributed by atoms with Crippen molar-refractivity contribution in [2.75, 3.05) is 13.6 Å². The molecule has 0 atom stereocenters. The van der Waals surface area contributed by atoms with Crippen molar-refractivity contribution in [3.63, 3.8) is 0 Å². The Morgan fingerprint density at radius 1 is 1.40 bits per heavy atom. The fraction of sp³-hybridized carbons (Fsp3) is 0.364. The normalized spacial score (nSPS) is 11.8. The molecule has 0 aliphatic rings. The Bertz CT molecular complexity index is 621. The van der Waals surface area contributed by atoms with E-state index in [0.29, 0.717) is 0 Å². The first kappa shape index (κ1) is 17.2. The van der Waals surface area contributed by atoms with Crippen LogP contribution < -0.4 is 0 Å². The molecule has 1 aromatic rings. The van der Waals surface area contributed by atoms with Crippen molar-refractivity contribution in [2.45, 2.75) is 17.7 Å². The van der Waals surface area contributed by atoms with Gasteiger partial charge < -0.3 is 5.11 Å². The highest BCUT2D eigenvalue weighted by Gasteiger charge is 2.26. The van der Waals surface area contributed by atoms with E-state index in [4.69, 9.17) is 28.3 Å². The van der Waals surface area contributed by atoms with E-state index >= 15 is 0 Å². The molecule has 0 heterocycles. The number of hydrogen-bond donors (Lipinski definition) is 1. The first-order valence-electron chi connectivity index (χ1n) is 5.49. The molecule has 0 spiro atoms. The van der Waals surface area contributed by atoms with Crippen LogP contribution in [0.1, 0.15) is 12.8 Å². The van der Waals surface area contributed by atoms with Crippen LogP contribution in [0.2, 0.25) is 10.0 Å². The predicted octanol–water partition coefficient (Wildman–Crippen LogP) is 2.62. The van der Waals surface area contributed by atoms with Crippen molar-refractivity contribution < 1.29 is 22.7 Å². The van der Waals surface area contributed by atoms with Crippen molar-refractivity contribution in [2.24, 2.45) is 0 Å². The van der Waals surface area contributed by atoms with Gasteiger partial charge in [-0.05, 0) is 18.6 Å². The van der Waals surface area contributed by atoms with Crippen molar-refractivity contribution in [3.05, 3.63) is 28.0 Å². The zero-order valence-corrected chi connectivity index (χ0v) is 12.8. The number of nitrogens with zero attached hydrogens (tertiary/aromatic N) is 1. The molecule has 0 aliphatic carbocycles. The van der Waals surface area contributed by atoms with Crippen molar-refractivity contribution in [1.29, 1.82) is 0 Å². The highest BCUT2D eigenvalue weighted by Crippen LogP contribution is 2.30. The Morgan fingerprint density at radius 2 is 2.00 bits per heavy atom. The Hall–Kier alpha value is -0.890. The Balaban J connectivity index is 2.99. The van der Waals surface area contributed by atoms with Gasteiger partial charge in [0.25, 0.3) is 0 Å². The summed E-state index contributed by atoms with van der Waals surface area (Å²) in [6.45, 7) is -0.0186. The van der Waals surface area contributed by atoms with Crippen LogP contribution in [0, 0.1) is 5.82 Å².